The van der Waals surface area contributed by atoms with Gasteiger partial charge in [0, 0.05) is 6.42 Å². The Kier molecular flexibility index (Phi) is 5.96. The molecular weight excluding hydrogens is 214 g/mol. The summed E-state index contributed by atoms with van der Waals surface area (Å²) in [5, 5.41) is 12.2. The van der Waals surface area contributed by atoms with Crippen LogP contribution in [-0.2, 0) is 4.79 Å². The van der Waals surface area contributed by atoms with Gasteiger partial charge in [0.1, 0.15) is 0 Å². The Morgan fingerprint density at radius 1 is 1.29 bits per heavy atom. The molecule has 1 fully saturated rings. The van der Waals surface area contributed by atoms with E-state index in [1.807, 2.05) is 0 Å². The molecule has 100 valence electrons. The summed E-state index contributed by atoms with van der Waals surface area (Å²) in [5.74, 6) is 0.203. The van der Waals surface area contributed by atoms with Gasteiger partial charge in [-0.2, -0.15) is 0 Å². The molecule has 0 aromatic carbocycles. The van der Waals surface area contributed by atoms with E-state index in [1.54, 1.807) is 0 Å². The molecule has 1 saturated carbocycles. The fraction of sp³-hybridized carbons (Fsp3) is 0.929. The molecule has 0 amide bonds. The lowest BCUT2D eigenvalue weighted by Crippen LogP contribution is -2.26. The van der Waals surface area contributed by atoms with Crippen LogP contribution in [0, 0.1) is 11.3 Å². The van der Waals surface area contributed by atoms with Crippen molar-refractivity contribution in [2.24, 2.45) is 11.3 Å². The van der Waals surface area contributed by atoms with Gasteiger partial charge in [0.2, 0.25) is 0 Å². The number of carboxylic acids is 1. The van der Waals surface area contributed by atoms with Crippen LogP contribution in [0.1, 0.15) is 58.8 Å². The van der Waals surface area contributed by atoms with Gasteiger partial charge >= 0.3 is 5.97 Å². The Morgan fingerprint density at radius 3 is 2.53 bits per heavy atom. The van der Waals surface area contributed by atoms with Gasteiger partial charge in [-0.05, 0) is 50.1 Å². The molecular formula is C14H27NO2. The number of aliphatic carboxylic acids is 1. The topological polar surface area (TPSA) is 49.3 Å². The number of hydrogen-bond donors (Lipinski definition) is 2. The molecule has 3 heteroatoms. The molecule has 0 spiro atoms. The maximum atomic E-state index is 10.5. The first-order valence-electron chi connectivity index (χ1n) is 6.92. The molecule has 1 aliphatic rings. The zero-order valence-corrected chi connectivity index (χ0v) is 11.3. The third-order valence-electron chi connectivity index (χ3n) is 3.90. The number of rotatable bonds is 8. The van der Waals surface area contributed by atoms with E-state index in [4.69, 9.17) is 5.11 Å². The highest BCUT2D eigenvalue weighted by Gasteiger charge is 2.19. The summed E-state index contributed by atoms with van der Waals surface area (Å²) in [6.45, 7) is 6.48. The largest absolute Gasteiger partial charge is 0.481 e. The molecule has 0 saturated heterocycles. The standard InChI is InChI=1S/C14H27NO2/c1-14(2,8-7-13(16)17)9-10-15-11-12-5-3-4-6-12/h12,15H,3-11H2,1-2H3,(H,16,17). The highest BCUT2D eigenvalue weighted by atomic mass is 16.4. The third-order valence-corrected chi connectivity index (χ3v) is 3.90. The second-order valence-corrected chi connectivity index (χ2v) is 6.16. The number of hydrogen-bond acceptors (Lipinski definition) is 2. The van der Waals surface area contributed by atoms with Crippen LogP contribution in [0.25, 0.3) is 0 Å². The molecule has 1 aliphatic carbocycles. The summed E-state index contributed by atoms with van der Waals surface area (Å²) < 4.78 is 0. The van der Waals surface area contributed by atoms with Crippen molar-refractivity contribution in [3.8, 4) is 0 Å². The summed E-state index contributed by atoms with van der Waals surface area (Å²) in [5.41, 5.74) is 0.140. The van der Waals surface area contributed by atoms with Crippen LogP contribution in [0.3, 0.4) is 0 Å². The van der Waals surface area contributed by atoms with E-state index in [-0.39, 0.29) is 11.8 Å². The minimum absolute atomic E-state index is 0.140. The Balaban J connectivity index is 2.05. The van der Waals surface area contributed by atoms with Gasteiger partial charge in [0.05, 0.1) is 0 Å². The number of carbonyl (C=O) groups is 1. The lowest BCUT2D eigenvalue weighted by atomic mass is 9.84. The van der Waals surface area contributed by atoms with E-state index in [9.17, 15) is 4.79 Å². The van der Waals surface area contributed by atoms with Gasteiger partial charge in [-0.15, -0.1) is 0 Å². The second kappa shape index (κ2) is 7.00. The van der Waals surface area contributed by atoms with Crippen molar-refractivity contribution in [1.82, 2.24) is 5.32 Å². The van der Waals surface area contributed by atoms with Crippen LogP contribution >= 0.6 is 0 Å². The summed E-state index contributed by atoms with van der Waals surface area (Å²) in [7, 11) is 0. The molecule has 0 atom stereocenters. The summed E-state index contributed by atoms with van der Waals surface area (Å²) in [6, 6.07) is 0. The minimum atomic E-state index is -0.683. The predicted molar refractivity (Wildman–Crippen MR) is 70.1 cm³/mol. The molecule has 3 nitrogen and oxygen atoms in total. The van der Waals surface area contributed by atoms with Crippen LogP contribution < -0.4 is 5.32 Å². The predicted octanol–water partition coefficient (Wildman–Crippen LogP) is 3.05. The van der Waals surface area contributed by atoms with Crippen LogP contribution in [-0.4, -0.2) is 24.2 Å². The fourth-order valence-electron chi connectivity index (χ4n) is 2.52. The lowest BCUT2D eigenvalue weighted by Gasteiger charge is -2.24. The van der Waals surface area contributed by atoms with Gasteiger partial charge in [-0.3, -0.25) is 4.79 Å². The Bertz CT molecular complexity index is 232. The molecule has 0 radical (unpaired) electrons. The highest BCUT2D eigenvalue weighted by molar-refractivity contribution is 5.66. The zero-order valence-electron chi connectivity index (χ0n) is 11.3. The maximum absolute atomic E-state index is 10.5. The molecule has 0 bridgehead atoms. The monoisotopic (exact) mass is 241 g/mol. The molecule has 0 aromatic rings. The van der Waals surface area contributed by atoms with Crippen molar-refractivity contribution in [3.63, 3.8) is 0 Å². The van der Waals surface area contributed by atoms with Crippen LogP contribution in [0.4, 0.5) is 0 Å². The van der Waals surface area contributed by atoms with Crippen LogP contribution in [0.15, 0.2) is 0 Å². The van der Waals surface area contributed by atoms with Crippen LogP contribution in [0.5, 0.6) is 0 Å². The van der Waals surface area contributed by atoms with E-state index in [1.165, 1.54) is 25.7 Å². The van der Waals surface area contributed by atoms with Crippen molar-refractivity contribution in [2.75, 3.05) is 13.1 Å². The molecule has 0 aliphatic heterocycles. The quantitative estimate of drug-likeness (QED) is 0.642. The lowest BCUT2D eigenvalue weighted by molar-refractivity contribution is -0.137. The Hall–Kier alpha value is -0.570. The highest BCUT2D eigenvalue weighted by Crippen LogP contribution is 2.26. The first-order valence-corrected chi connectivity index (χ1v) is 6.92. The SMILES string of the molecule is CC(C)(CCNCC1CCCC1)CCC(=O)O. The van der Waals surface area contributed by atoms with Gasteiger partial charge in [0.15, 0.2) is 0 Å². The number of carboxylic acid groups (broad SMARTS) is 1. The van der Waals surface area contributed by atoms with Gasteiger partial charge < -0.3 is 10.4 Å². The summed E-state index contributed by atoms with van der Waals surface area (Å²) in [4.78, 5) is 10.5. The van der Waals surface area contributed by atoms with Crippen molar-refractivity contribution in [2.45, 2.75) is 58.8 Å². The first kappa shape index (κ1) is 14.5. The molecule has 17 heavy (non-hydrogen) atoms. The van der Waals surface area contributed by atoms with Crippen LogP contribution in [0.2, 0.25) is 0 Å². The summed E-state index contributed by atoms with van der Waals surface area (Å²) >= 11 is 0. The molecule has 1 rings (SSSR count). The molecule has 0 aromatic heterocycles. The van der Waals surface area contributed by atoms with Crippen molar-refractivity contribution in [3.05, 3.63) is 0 Å². The molecule has 0 unspecified atom stereocenters. The maximum Gasteiger partial charge on any atom is 0.303 e. The van der Waals surface area contributed by atoms with Crippen molar-refractivity contribution in [1.29, 1.82) is 0 Å². The first-order chi connectivity index (χ1) is 7.99. The average molecular weight is 241 g/mol. The van der Waals surface area contributed by atoms with E-state index >= 15 is 0 Å². The zero-order chi connectivity index (χ0) is 12.7. The van der Waals surface area contributed by atoms with Gasteiger partial charge in [0.25, 0.3) is 0 Å². The van der Waals surface area contributed by atoms with E-state index in [2.05, 4.69) is 19.2 Å². The van der Waals surface area contributed by atoms with E-state index < -0.39 is 5.97 Å². The Labute approximate surface area is 105 Å². The van der Waals surface area contributed by atoms with Crippen molar-refractivity contribution < 1.29 is 9.90 Å². The second-order valence-electron chi connectivity index (χ2n) is 6.16. The average Bonchev–Trinajstić information content (AvgIpc) is 2.75. The van der Waals surface area contributed by atoms with Crippen molar-refractivity contribution >= 4 is 5.97 Å². The number of nitrogens with one attached hydrogen (secondary N) is 1. The normalized spacial score (nSPS) is 17.5. The van der Waals surface area contributed by atoms with E-state index in [0.29, 0.717) is 0 Å². The van der Waals surface area contributed by atoms with Gasteiger partial charge in [-0.1, -0.05) is 26.7 Å². The molecule has 0 heterocycles. The third kappa shape index (κ3) is 6.67. The van der Waals surface area contributed by atoms with E-state index in [0.717, 1.165) is 31.8 Å². The molecule has 2 N–H and O–H groups in total. The minimum Gasteiger partial charge on any atom is -0.481 e. The van der Waals surface area contributed by atoms with Gasteiger partial charge in [-0.25, -0.2) is 0 Å². The fourth-order valence-corrected chi connectivity index (χ4v) is 2.52. The summed E-state index contributed by atoms with van der Waals surface area (Å²) in [6.07, 6.45) is 7.69. The Morgan fingerprint density at radius 2 is 1.94 bits per heavy atom. The smallest absolute Gasteiger partial charge is 0.303 e.